The molecule has 2 aliphatic carbocycles. The third-order valence-corrected chi connectivity index (χ3v) is 9.56. The molecule has 2 fully saturated rings. The highest BCUT2D eigenvalue weighted by atomic mass is 35.5. The van der Waals surface area contributed by atoms with Gasteiger partial charge in [0, 0.05) is 21.3 Å². The lowest BCUT2D eigenvalue weighted by molar-refractivity contribution is 0.888. The zero-order chi connectivity index (χ0) is 10.7. The van der Waals surface area contributed by atoms with Gasteiger partial charge >= 0.3 is 0 Å². The normalized spacial score (nSPS) is 41.2. The molecule has 5 heteroatoms. The van der Waals surface area contributed by atoms with Crippen LogP contribution in [0.15, 0.2) is 0 Å². The minimum atomic E-state index is 0.401. The molecule has 2 saturated carbocycles. The van der Waals surface area contributed by atoms with E-state index in [1.54, 1.807) is 0 Å². The molecule has 88 valence electrons. The first-order valence-corrected chi connectivity index (χ1v) is 10.0. The lowest BCUT2D eigenvalue weighted by Gasteiger charge is -2.15. The summed E-state index contributed by atoms with van der Waals surface area (Å²) in [5.41, 5.74) is 0. The van der Waals surface area contributed by atoms with Crippen molar-refractivity contribution in [2.75, 3.05) is 0 Å². The van der Waals surface area contributed by atoms with E-state index in [-0.39, 0.29) is 0 Å². The zero-order valence-corrected chi connectivity index (χ0v) is 12.5. The Balaban J connectivity index is 1.62. The van der Waals surface area contributed by atoms with Gasteiger partial charge in [-0.05, 0) is 35.5 Å². The van der Waals surface area contributed by atoms with E-state index in [0.29, 0.717) is 21.3 Å². The molecular weight excluding hydrogens is 287 g/mol. The van der Waals surface area contributed by atoms with Gasteiger partial charge in [-0.3, -0.25) is 0 Å². The summed E-state index contributed by atoms with van der Waals surface area (Å²) in [6.45, 7) is 0. The van der Waals surface area contributed by atoms with E-state index >= 15 is 0 Å². The number of hydrogen-bond donors (Lipinski definition) is 0. The number of alkyl halides is 2. The van der Waals surface area contributed by atoms with Crippen molar-refractivity contribution >= 4 is 54.6 Å². The highest BCUT2D eigenvalue weighted by Gasteiger charge is 2.29. The van der Waals surface area contributed by atoms with Crippen LogP contribution in [-0.2, 0) is 0 Å². The molecule has 2 aliphatic rings. The van der Waals surface area contributed by atoms with Gasteiger partial charge < -0.3 is 0 Å². The van der Waals surface area contributed by atoms with Crippen molar-refractivity contribution in [1.82, 2.24) is 0 Å². The summed E-state index contributed by atoms with van der Waals surface area (Å²) in [6.07, 6.45) is 7.60. The Bertz CT molecular complexity index is 183. The molecule has 0 spiro atoms. The molecule has 4 unspecified atom stereocenters. The highest BCUT2D eigenvalue weighted by molar-refractivity contribution is 9.09. The third-order valence-electron chi connectivity index (χ3n) is 3.07. The topological polar surface area (TPSA) is 0 Å². The quantitative estimate of drug-likeness (QED) is 0.508. The molecule has 0 N–H and O–H groups in total. The Morgan fingerprint density at radius 3 is 1.53 bits per heavy atom. The number of rotatable bonds is 4. The molecule has 0 heterocycles. The summed E-state index contributed by atoms with van der Waals surface area (Å²) in [6, 6.07) is 0. The Morgan fingerprint density at radius 2 is 1.20 bits per heavy atom. The molecule has 15 heavy (non-hydrogen) atoms. The molecule has 0 nitrogen and oxygen atoms in total. The molecule has 0 amide bonds. The van der Waals surface area contributed by atoms with Crippen molar-refractivity contribution in [2.24, 2.45) is 0 Å². The third kappa shape index (κ3) is 3.80. The Labute approximate surface area is 114 Å². The van der Waals surface area contributed by atoms with Gasteiger partial charge in [-0.2, -0.15) is 0 Å². The lowest BCUT2D eigenvalue weighted by Crippen LogP contribution is -2.09. The predicted molar refractivity (Wildman–Crippen MR) is 77.3 cm³/mol. The standard InChI is InChI=1S/C10H16Cl2S3/c11-7-3-1-5-9(7)13-15-14-10-6-2-4-8(10)12/h7-10H,1-6H2. The van der Waals surface area contributed by atoms with Gasteiger partial charge in [-0.15, -0.1) is 23.2 Å². The van der Waals surface area contributed by atoms with Gasteiger partial charge in [-0.1, -0.05) is 34.4 Å². The van der Waals surface area contributed by atoms with Crippen molar-refractivity contribution in [3.8, 4) is 0 Å². The van der Waals surface area contributed by atoms with Crippen LogP contribution in [0.5, 0.6) is 0 Å². The fourth-order valence-electron chi connectivity index (χ4n) is 2.10. The maximum Gasteiger partial charge on any atom is 0.0463 e. The van der Waals surface area contributed by atoms with Crippen LogP contribution in [0.3, 0.4) is 0 Å². The van der Waals surface area contributed by atoms with Crippen molar-refractivity contribution in [3.63, 3.8) is 0 Å². The summed E-state index contributed by atoms with van der Waals surface area (Å²) >= 11 is 12.5. The van der Waals surface area contributed by atoms with Crippen LogP contribution in [0, 0.1) is 0 Å². The van der Waals surface area contributed by atoms with Gasteiger partial charge in [0.1, 0.15) is 0 Å². The molecule has 0 aromatic carbocycles. The van der Waals surface area contributed by atoms with E-state index in [0.717, 1.165) is 0 Å². The predicted octanol–water partition coefficient (Wildman–Crippen LogP) is 5.34. The Hall–Kier alpha value is 1.63. The lowest BCUT2D eigenvalue weighted by atomic mass is 10.4. The van der Waals surface area contributed by atoms with Crippen LogP contribution in [0.25, 0.3) is 0 Å². The fourth-order valence-corrected chi connectivity index (χ4v) is 8.97. The van der Waals surface area contributed by atoms with E-state index in [1.807, 2.05) is 31.4 Å². The molecule has 0 saturated heterocycles. The maximum absolute atomic E-state index is 6.23. The molecule has 0 aromatic rings. The fraction of sp³-hybridized carbons (Fsp3) is 1.00. The highest BCUT2D eigenvalue weighted by Crippen LogP contribution is 2.49. The van der Waals surface area contributed by atoms with Gasteiger partial charge in [0.25, 0.3) is 0 Å². The first-order valence-electron chi connectivity index (χ1n) is 5.54. The van der Waals surface area contributed by atoms with Crippen molar-refractivity contribution in [2.45, 2.75) is 59.8 Å². The molecular formula is C10H16Cl2S3. The average molecular weight is 303 g/mol. The van der Waals surface area contributed by atoms with Crippen LogP contribution in [0.1, 0.15) is 38.5 Å². The van der Waals surface area contributed by atoms with Crippen molar-refractivity contribution in [1.29, 1.82) is 0 Å². The van der Waals surface area contributed by atoms with E-state index in [1.165, 1.54) is 38.5 Å². The second-order valence-corrected chi connectivity index (χ2v) is 9.87. The average Bonchev–Trinajstić information content (AvgIpc) is 2.78. The van der Waals surface area contributed by atoms with Gasteiger partial charge in [0.2, 0.25) is 0 Å². The SMILES string of the molecule is ClC1CCCC1SSSC1CCCC1Cl. The Morgan fingerprint density at radius 1 is 0.733 bits per heavy atom. The van der Waals surface area contributed by atoms with Crippen molar-refractivity contribution in [3.05, 3.63) is 0 Å². The Kier molecular flexibility index (Phi) is 5.69. The van der Waals surface area contributed by atoms with Crippen LogP contribution >= 0.6 is 54.6 Å². The van der Waals surface area contributed by atoms with Crippen LogP contribution < -0.4 is 0 Å². The summed E-state index contributed by atoms with van der Waals surface area (Å²) in [5, 5.41) is 2.13. The number of halogens is 2. The molecule has 2 rings (SSSR count). The molecule has 0 radical (unpaired) electrons. The zero-order valence-electron chi connectivity index (χ0n) is 8.53. The van der Waals surface area contributed by atoms with Gasteiger partial charge in [0.15, 0.2) is 0 Å². The van der Waals surface area contributed by atoms with Crippen LogP contribution in [0.4, 0.5) is 0 Å². The summed E-state index contributed by atoms with van der Waals surface area (Å²) in [5.74, 6) is 0. The minimum Gasteiger partial charge on any atom is -0.122 e. The number of hydrogen-bond acceptors (Lipinski definition) is 3. The first-order chi connectivity index (χ1) is 7.27. The van der Waals surface area contributed by atoms with Gasteiger partial charge in [-0.25, -0.2) is 0 Å². The summed E-state index contributed by atoms with van der Waals surface area (Å²) in [7, 11) is 5.86. The van der Waals surface area contributed by atoms with E-state index < -0.39 is 0 Å². The van der Waals surface area contributed by atoms with E-state index in [9.17, 15) is 0 Å². The smallest absolute Gasteiger partial charge is 0.0463 e. The molecule has 0 aliphatic heterocycles. The van der Waals surface area contributed by atoms with Crippen LogP contribution in [-0.4, -0.2) is 21.3 Å². The molecule has 0 aromatic heterocycles. The monoisotopic (exact) mass is 302 g/mol. The van der Waals surface area contributed by atoms with Crippen LogP contribution in [0.2, 0.25) is 0 Å². The minimum absolute atomic E-state index is 0.401. The summed E-state index contributed by atoms with van der Waals surface area (Å²) in [4.78, 5) is 0. The van der Waals surface area contributed by atoms with E-state index in [2.05, 4.69) is 0 Å². The second-order valence-electron chi connectivity index (χ2n) is 4.23. The maximum atomic E-state index is 6.23. The molecule has 0 bridgehead atoms. The van der Waals surface area contributed by atoms with Gasteiger partial charge in [0.05, 0.1) is 0 Å². The van der Waals surface area contributed by atoms with E-state index in [4.69, 9.17) is 23.2 Å². The van der Waals surface area contributed by atoms with Crippen molar-refractivity contribution < 1.29 is 0 Å². The first kappa shape index (κ1) is 13.1. The largest absolute Gasteiger partial charge is 0.122 e. The molecule has 4 atom stereocenters. The summed E-state index contributed by atoms with van der Waals surface area (Å²) < 4.78 is 0. The second kappa shape index (κ2) is 6.53.